The first-order chi connectivity index (χ1) is 8.82. The van der Waals surface area contributed by atoms with Crippen LogP contribution in [0.1, 0.15) is 27.2 Å². The largest absolute Gasteiger partial charge is 0.246 e. The topological polar surface area (TPSA) is 50.3 Å². The molecule has 1 rings (SSSR count). The third kappa shape index (κ3) is 4.15. The zero-order valence-electron chi connectivity index (χ0n) is 11.2. The molecule has 0 bridgehead atoms. The van der Waals surface area contributed by atoms with Crippen LogP contribution in [0.5, 0.6) is 0 Å². The van der Waals surface area contributed by atoms with Crippen LogP contribution < -0.4 is 0 Å². The summed E-state index contributed by atoms with van der Waals surface area (Å²) in [4.78, 5) is 3.92. The van der Waals surface area contributed by atoms with Crippen molar-refractivity contribution in [2.75, 3.05) is 13.1 Å². The van der Waals surface area contributed by atoms with Crippen molar-refractivity contribution in [3.8, 4) is 0 Å². The van der Waals surface area contributed by atoms with E-state index in [4.69, 9.17) is 11.6 Å². The molecular formula is C12H18BrClN2O2S. The van der Waals surface area contributed by atoms with E-state index in [1.165, 1.54) is 16.6 Å². The predicted molar refractivity (Wildman–Crippen MR) is 80.8 cm³/mol. The number of hydrogen-bond acceptors (Lipinski definition) is 3. The Balaban J connectivity index is 3.17. The Hall–Kier alpha value is -0.170. The van der Waals surface area contributed by atoms with E-state index < -0.39 is 10.0 Å². The highest BCUT2D eigenvalue weighted by Crippen LogP contribution is 2.26. The molecule has 1 aromatic rings. The maximum Gasteiger partial charge on any atom is 0.246 e. The monoisotopic (exact) mass is 368 g/mol. The maximum atomic E-state index is 12.6. The molecule has 19 heavy (non-hydrogen) atoms. The summed E-state index contributed by atoms with van der Waals surface area (Å²) in [6.07, 6.45) is 2.41. The maximum absolute atomic E-state index is 12.6. The van der Waals surface area contributed by atoms with Crippen LogP contribution in [-0.4, -0.2) is 30.8 Å². The first-order valence-corrected chi connectivity index (χ1v) is 8.75. The Kier molecular flexibility index (Phi) is 6.23. The minimum absolute atomic E-state index is 0.00537. The summed E-state index contributed by atoms with van der Waals surface area (Å²) in [6, 6.07) is 1.49. The van der Waals surface area contributed by atoms with Crippen molar-refractivity contribution < 1.29 is 8.42 Å². The number of aromatic nitrogens is 1. The first-order valence-electron chi connectivity index (χ1n) is 6.14. The minimum Gasteiger partial charge on any atom is -0.242 e. The average Bonchev–Trinajstić information content (AvgIpc) is 2.37. The summed E-state index contributed by atoms with van der Waals surface area (Å²) in [6.45, 7) is 6.78. The summed E-state index contributed by atoms with van der Waals surface area (Å²) in [5.41, 5.74) is 0. The summed E-state index contributed by atoms with van der Waals surface area (Å²) in [5, 5.41) is 0.00537. The number of sulfonamides is 1. The van der Waals surface area contributed by atoms with Crippen LogP contribution in [0.3, 0.4) is 0 Å². The van der Waals surface area contributed by atoms with Crippen molar-refractivity contribution in [2.45, 2.75) is 32.1 Å². The van der Waals surface area contributed by atoms with Gasteiger partial charge in [-0.25, -0.2) is 13.4 Å². The summed E-state index contributed by atoms with van der Waals surface area (Å²) >= 11 is 9.13. The lowest BCUT2D eigenvalue weighted by molar-refractivity contribution is 0.361. The SMILES string of the molecule is CCC(C)CN(CC)S(=O)(=O)c1cc(Br)cnc1Cl. The summed E-state index contributed by atoms with van der Waals surface area (Å²) in [5.74, 6) is 0.300. The highest BCUT2D eigenvalue weighted by atomic mass is 79.9. The van der Waals surface area contributed by atoms with E-state index in [-0.39, 0.29) is 10.0 Å². The van der Waals surface area contributed by atoms with Gasteiger partial charge in [0, 0.05) is 23.8 Å². The van der Waals surface area contributed by atoms with Crippen LogP contribution in [0.4, 0.5) is 0 Å². The van der Waals surface area contributed by atoms with Gasteiger partial charge < -0.3 is 0 Å². The first kappa shape index (κ1) is 16.9. The van der Waals surface area contributed by atoms with Crippen LogP contribution in [0.2, 0.25) is 5.15 Å². The average molecular weight is 370 g/mol. The second-order valence-electron chi connectivity index (χ2n) is 4.41. The lowest BCUT2D eigenvalue weighted by Gasteiger charge is -2.23. The number of pyridine rings is 1. The minimum atomic E-state index is -3.60. The van der Waals surface area contributed by atoms with Crippen LogP contribution in [0.15, 0.2) is 21.6 Å². The van der Waals surface area contributed by atoms with Gasteiger partial charge >= 0.3 is 0 Å². The highest BCUT2D eigenvalue weighted by Gasteiger charge is 2.27. The normalized spacial score (nSPS) is 13.8. The Morgan fingerprint density at radius 3 is 2.63 bits per heavy atom. The molecule has 0 amide bonds. The molecule has 1 heterocycles. The summed E-state index contributed by atoms with van der Waals surface area (Å²) < 4.78 is 27.2. The molecule has 1 unspecified atom stereocenters. The van der Waals surface area contributed by atoms with Gasteiger partial charge in [0.05, 0.1) is 0 Å². The Bertz CT molecular complexity index is 537. The van der Waals surface area contributed by atoms with E-state index in [0.29, 0.717) is 23.5 Å². The van der Waals surface area contributed by atoms with Crippen LogP contribution in [0.25, 0.3) is 0 Å². The van der Waals surface area contributed by atoms with Gasteiger partial charge in [-0.1, -0.05) is 38.8 Å². The Morgan fingerprint density at radius 2 is 2.11 bits per heavy atom. The lowest BCUT2D eigenvalue weighted by Crippen LogP contribution is -2.34. The van der Waals surface area contributed by atoms with Crippen molar-refractivity contribution in [3.63, 3.8) is 0 Å². The standard InChI is InChI=1S/C12H18BrClN2O2S/c1-4-9(3)8-16(5-2)19(17,18)11-6-10(13)7-15-12(11)14/h6-7,9H,4-5,8H2,1-3H3. The molecule has 0 aromatic carbocycles. The molecule has 0 spiro atoms. The van der Waals surface area contributed by atoms with E-state index in [9.17, 15) is 8.42 Å². The molecular weight excluding hydrogens is 352 g/mol. The fourth-order valence-electron chi connectivity index (χ4n) is 1.60. The van der Waals surface area contributed by atoms with Gasteiger partial charge in [0.25, 0.3) is 0 Å². The molecule has 7 heteroatoms. The fourth-order valence-corrected chi connectivity index (χ4v) is 4.09. The van der Waals surface area contributed by atoms with E-state index in [1.807, 2.05) is 20.8 Å². The number of halogens is 2. The third-order valence-electron chi connectivity index (χ3n) is 2.96. The smallest absolute Gasteiger partial charge is 0.242 e. The molecule has 108 valence electrons. The fraction of sp³-hybridized carbons (Fsp3) is 0.583. The zero-order chi connectivity index (χ0) is 14.6. The van der Waals surface area contributed by atoms with Gasteiger partial charge in [0.2, 0.25) is 10.0 Å². The number of nitrogens with zero attached hydrogens (tertiary/aromatic N) is 2. The van der Waals surface area contributed by atoms with Gasteiger partial charge in [0.1, 0.15) is 10.0 Å². The molecule has 0 saturated carbocycles. The van der Waals surface area contributed by atoms with E-state index in [0.717, 1.165) is 6.42 Å². The number of rotatable bonds is 6. The van der Waals surface area contributed by atoms with Gasteiger partial charge in [0.15, 0.2) is 0 Å². The van der Waals surface area contributed by atoms with Crippen molar-refractivity contribution in [1.82, 2.24) is 9.29 Å². The molecule has 0 aliphatic carbocycles. The van der Waals surface area contributed by atoms with Gasteiger partial charge in [-0.05, 0) is 27.9 Å². The van der Waals surface area contributed by atoms with Crippen LogP contribution in [-0.2, 0) is 10.0 Å². The molecule has 0 N–H and O–H groups in total. The molecule has 0 aliphatic rings. The van der Waals surface area contributed by atoms with Crippen molar-refractivity contribution in [2.24, 2.45) is 5.92 Å². The Labute approximate surface area is 128 Å². The molecule has 0 saturated heterocycles. The third-order valence-corrected chi connectivity index (χ3v) is 5.76. The zero-order valence-corrected chi connectivity index (χ0v) is 14.4. The van der Waals surface area contributed by atoms with E-state index in [1.54, 1.807) is 0 Å². The lowest BCUT2D eigenvalue weighted by atomic mass is 10.1. The molecule has 0 fully saturated rings. The molecule has 0 aliphatic heterocycles. The second kappa shape index (κ2) is 7.02. The quantitative estimate of drug-likeness (QED) is 0.720. The van der Waals surface area contributed by atoms with E-state index >= 15 is 0 Å². The van der Waals surface area contributed by atoms with Crippen molar-refractivity contribution in [1.29, 1.82) is 0 Å². The predicted octanol–water partition coefficient (Wildman–Crippen LogP) is 3.55. The van der Waals surface area contributed by atoms with Gasteiger partial charge in [-0.15, -0.1) is 0 Å². The number of hydrogen-bond donors (Lipinski definition) is 0. The second-order valence-corrected chi connectivity index (χ2v) is 7.59. The van der Waals surface area contributed by atoms with Gasteiger partial charge in [-0.3, -0.25) is 0 Å². The van der Waals surface area contributed by atoms with Crippen molar-refractivity contribution >= 4 is 37.6 Å². The highest BCUT2D eigenvalue weighted by molar-refractivity contribution is 9.10. The Morgan fingerprint density at radius 1 is 1.47 bits per heavy atom. The summed E-state index contributed by atoms with van der Waals surface area (Å²) in [7, 11) is -3.60. The van der Waals surface area contributed by atoms with Crippen LogP contribution >= 0.6 is 27.5 Å². The van der Waals surface area contributed by atoms with Crippen molar-refractivity contribution in [3.05, 3.63) is 21.9 Å². The molecule has 4 nitrogen and oxygen atoms in total. The molecule has 0 radical (unpaired) electrons. The molecule has 1 atom stereocenters. The van der Waals surface area contributed by atoms with E-state index in [2.05, 4.69) is 20.9 Å². The van der Waals surface area contributed by atoms with Gasteiger partial charge in [-0.2, -0.15) is 4.31 Å². The van der Waals surface area contributed by atoms with Crippen LogP contribution in [0, 0.1) is 5.92 Å². The molecule has 1 aromatic heterocycles.